The Balaban J connectivity index is 2.01. The van der Waals surface area contributed by atoms with E-state index in [4.69, 9.17) is 9.47 Å². The Labute approximate surface area is 174 Å². The van der Waals surface area contributed by atoms with E-state index in [1.165, 1.54) is 11.0 Å². The summed E-state index contributed by atoms with van der Waals surface area (Å²) in [7, 11) is 3.28. The predicted molar refractivity (Wildman–Crippen MR) is 111 cm³/mol. The molecule has 1 amide bonds. The molecule has 7 nitrogen and oxygen atoms in total. The fraction of sp³-hybridized carbons (Fsp3) is 0.381. The molecule has 0 fully saturated rings. The van der Waals surface area contributed by atoms with Gasteiger partial charge in [-0.1, -0.05) is 6.07 Å². The van der Waals surface area contributed by atoms with Crippen molar-refractivity contribution in [2.24, 2.45) is 0 Å². The quantitative estimate of drug-likeness (QED) is 0.357. The van der Waals surface area contributed by atoms with Gasteiger partial charge in [0.15, 0.2) is 6.61 Å². The zero-order valence-electron chi connectivity index (χ0n) is 17.1. The van der Waals surface area contributed by atoms with E-state index in [0.29, 0.717) is 19.7 Å². The summed E-state index contributed by atoms with van der Waals surface area (Å²) in [6, 6.07) is 7.61. The second-order valence-corrected chi connectivity index (χ2v) is 7.58. The summed E-state index contributed by atoms with van der Waals surface area (Å²) < 4.78 is 12.2. The van der Waals surface area contributed by atoms with E-state index in [9.17, 15) is 14.9 Å². The lowest BCUT2D eigenvalue weighted by molar-refractivity contribution is -0.148. The van der Waals surface area contributed by atoms with Crippen LogP contribution in [0.1, 0.15) is 21.8 Å². The molecule has 2 aromatic rings. The van der Waals surface area contributed by atoms with E-state index in [0.717, 1.165) is 21.8 Å². The molecule has 0 saturated carbocycles. The Bertz CT molecular complexity index is 923. The number of carbonyl (C=O) groups is 2. The maximum Gasteiger partial charge on any atom is 0.349 e. The fourth-order valence-corrected chi connectivity index (χ4v) is 3.59. The van der Waals surface area contributed by atoms with Crippen molar-refractivity contribution in [3.05, 3.63) is 51.0 Å². The summed E-state index contributed by atoms with van der Waals surface area (Å²) in [5.41, 5.74) is 2.53. The second-order valence-electron chi connectivity index (χ2n) is 6.55. The first-order valence-corrected chi connectivity index (χ1v) is 9.96. The van der Waals surface area contributed by atoms with Crippen LogP contribution in [0.25, 0.3) is 6.08 Å². The Morgan fingerprint density at radius 2 is 2.14 bits per heavy atom. The van der Waals surface area contributed by atoms with Crippen LogP contribution in [0.4, 0.5) is 0 Å². The number of esters is 1. The van der Waals surface area contributed by atoms with Crippen LogP contribution in [0.5, 0.6) is 0 Å². The van der Waals surface area contributed by atoms with Gasteiger partial charge in [0, 0.05) is 37.0 Å². The number of amides is 1. The molecule has 154 valence electrons. The van der Waals surface area contributed by atoms with Gasteiger partial charge in [0.25, 0.3) is 5.91 Å². The topological polar surface area (TPSA) is 84.6 Å². The number of aryl methyl sites for hydroxylation is 1. The minimum atomic E-state index is -0.813. The van der Waals surface area contributed by atoms with Crippen LogP contribution in [-0.4, -0.2) is 48.7 Å². The van der Waals surface area contributed by atoms with E-state index in [-0.39, 0.29) is 11.5 Å². The normalized spacial score (nSPS) is 11.2. The minimum Gasteiger partial charge on any atom is -0.451 e. The predicted octanol–water partition coefficient (Wildman–Crippen LogP) is 2.92. The van der Waals surface area contributed by atoms with Crippen molar-refractivity contribution in [3.63, 3.8) is 0 Å². The van der Waals surface area contributed by atoms with Crippen molar-refractivity contribution >= 4 is 29.3 Å². The number of rotatable bonds is 9. The zero-order chi connectivity index (χ0) is 21.4. The van der Waals surface area contributed by atoms with Gasteiger partial charge in [-0.05, 0) is 43.0 Å². The Kier molecular flexibility index (Phi) is 8.19. The van der Waals surface area contributed by atoms with Gasteiger partial charge < -0.3 is 18.9 Å². The van der Waals surface area contributed by atoms with Crippen molar-refractivity contribution in [2.75, 3.05) is 27.4 Å². The number of likely N-dealkylation sites (N-methyl/N-ethyl adjacent to an activating group) is 1. The maximum absolute atomic E-state index is 12.3. The van der Waals surface area contributed by atoms with Crippen molar-refractivity contribution in [2.45, 2.75) is 26.9 Å². The highest BCUT2D eigenvalue weighted by atomic mass is 32.1. The summed E-state index contributed by atoms with van der Waals surface area (Å²) >= 11 is 1.55. The van der Waals surface area contributed by atoms with Gasteiger partial charge >= 0.3 is 5.97 Å². The van der Waals surface area contributed by atoms with E-state index in [1.54, 1.807) is 25.5 Å². The van der Waals surface area contributed by atoms with Crippen LogP contribution < -0.4 is 0 Å². The molecule has 0 spiro atoms. The van der Waals surface area contributed by atoms with Crippen LogP contribution in [0.2, 0.25) is 0 Å². The Morgan fingerprint density at radius 1 is 1.38 bits per heavy atom. The average Bonchev–Trinajstić information content (AvgIpc) is 3.30. The third-order valence-corrected chi connectivity index (χ3v) is 5.36. The SMILES string of the molecule is COCCn1c(C)cc(/C=C(\C#N)C(=O)OCC(=O)N(C)Cc2cccs2)c1C. The summed E-state index contributed by atoms with van der Waals surface area (Å²) in [6.07, 6.45) is 1.49. The third kappa shape index (κ3) is 6.04. The molecule has 2 rings (SSSR count). The van der Waals surface area contributed by atoms with Crippen LogP contribution in [-0.2, 0) is 32.2 Å². The molecule has 2 aromatic heterocycles. The fourth-order valence-electron chi connectivity index (χ4n) is 2.83. The molecule has 0 aliphatic rings. The van der Waals surface area contributed by atoms with Gasteiger partial charge in [-0.3, -0.25) is 4.79 Å². The molecular formula is C21H25N3O4S. The monoisotopic (exact) mass is 415 g/mol. The molecule has 2 heterocycles. The molecule has 0 bridgehead atoms. The van der Waals surface area contributed by atoms with Crippen molar-refractivity contribution in [1.29, 1.82) is 5.26 Å². The van der Waals surface area contributed by atoms with Crippen LogP contribution in [0.3, 0.4) is 0 Å². The number of nitrogens with zero attached hydrogens (tertiary/aromatic N) is 3. The Morgan fingerprint density at radius 3 is 2.76 bits per heavy atom. The van der Waals surface area contributed by atoms with Gasteiger partial charge in [-0.15, -0.1) is 11.3 Å². The number of methoxy groups -OCH3 is 1. The number of carbonyl (C=O) groups excluding carboxylic acids is 2. The maximum atomic E-state index is 12.3. The molecule has 0 aliphatic heterocycles. The van der Waals surface area contributed by atoms with Gasteiger partial charge in [0.2, 0.25) is 0 Å². The molecule has 0 N–H and O–H groups in total. The van der Waals surface area contributed by atoms with Crippen LogP contribution in [0, 0.1) is 25.2 Å². The average molecular weight is 416 g/mol. The lowest BCUT2D eigenvalue weighted by atomic mass is 10.1. The van der Waals surface area contributed by atoms with E-state index in [1.807, 2.05) is 43.5 Å². The molecule has 29 heavy (non-hydrogen) atoms. The number of hydrogen-bond acceptors (Lipinski definition) is 6. The van der Waals surface area contributed by atoms with Gasteiger partial charge in [0.1, 0.15) is 11.6 Å². The lowest BCUT2D eigenvalue weighted by Gasteiger charge is -2.16. The molecule has 8 heteroatoms. The van der Waals surface area contributed by atoms with Gasteiger partial charge in [-0.2, -0.15) is 5.26 Å². The smallest absolute Gasteiger partial charge is 0.349 e. The van der Waals surface area contributed by atoms with Crippen molar-refractivity contribution in [1.82, 2.24) is 9.47 Å². The largest absolute Gasteiger partial charge is 0.451 e. The second kappa shape index (κ2) is 10.6. The number of ether oxygens (including phenoxy) is 2. The lowest BCUT2D eigenvalue weighted by Crippen LogP contribution is -2.30. The van der Waals surface area contributed by atoms with E-state index in [2.05, 4.69) is 4.57 Å². The highest BCUT2D eigenvalue weighted by Gasteiger charge is 2.17. The Hall–Kier alpha value is -2.89. The molecular weight excluding hydrogens is 390 g/mol. The van der Waals surface area contributed by atoms with Crippen molar-refractivity contribution < 1.29 is 19.1 Å². The first-order valence-electron chi connectivity index (χ1n) is 9.08. The molecule has 0 radical (unpaired) electrons. The number of hydrogen-bond donors (Lipinski definition) is 0. The molecule has 0 atom stereocenters. The van der Waals surface area contributed by atoms with Crippen molar-refractivity contribution in [3.8, 4) is 6.07 Å². The van der Waals surface area contributed by atoms with Crippen LogP contribution >= 0.6 is 11.3 Å². The minimum absolute atomic E-state index is 0.147. The standard InChI is InChI=1S/C21H25N3O4S/c1-15-10-17(16(2)24(15)7-8-27-4)11-18(12-22)21(26)28-14-20(25)23(3)13-19-6-5-9-29-19/h5-6,9-11H,7-8,13-14H2,1-4H3/b18-11+. The first-order chi connectivity index (χ1) is 13.9. The van der Waals surface area contributed by atoms with E-state index < -0.39 is 12.6 Å². The first kappa shape index (κ1) is 22.4. The van der Waals surface area contributed by atoms with Crippen LogP contribution in [0.15, 0.2) is 29.2 Å². The summed E-state index contributed by atoms with van der Waals surface area (Å²) in [4.78, 5) is 27.0. The number of thiophene rings is 1. The molecule has 0 unspecified atom stereocenters. The zero-order valence-corrected chi connectivity index (χ0v) is 17.9. The number of nitriles is 1. The molecule has 0 aliphatic carbocycles. The van der Waals surface area contributed by atoms with Gasteiger partial charge in [-0.25, -0.2) is 4.79 Å². The molecule has 0 aromatic carbocycles. The molecule has 0 saturated heterocycles. The highest BCUT2D eigenvalue weighted by molar-refractivity contribution is 7.09. The van der Waals surface area contributed by atoms with Gasteiger partial charge in [0.05, 0.1) is 13.2 Å². The number of aromatic nitrogens is 1. The summed E-state index contributed by atoms with van der Waals surface area (Å²) in [6.45, 7) is 5.15. The highest BCUT2D eigenvalue weighted by Crippen LogP contribution is 2.19. The van der Waals surface area contributed by atoms with E-state index >= 15 is 0 Å². The summed E-state index contributed by atoms with van der Waals surface area (Å²) in [5.74, 6) is -1.14. The summed E-state index contributed by atoms with van der Waals surface area (Å²) in [5, 5.41) is 11.3. The third-order valence-electron chi connectivity index (χ3n) is 4.50.